The molecule has 0 unspecified atom stereocenters. The normalized spacial score (nSPS) is 14.2. The number of hydrogen-bond acceptors (Lipinski definition) is 5. The summed E-state index contributed by atoms with van der Waals surface area (Å²) in [4.78, 5) is 25.3. The van der Waals surface area contributed by atoms with Gasteiger partial charge in [0.25, 0.3) is 15.9 Å². The number of rotatable bonds is 4. The number of hydrogen-bond donors (Lipinski definition) is 1. The van der Waals surface area contributed by atoms with E-state index in [0.29, 0.717) is 30.0 Å². The van der Waals surface area contributed by atoms with Crippen LogP contribution in [0.25, 0.3) is 0 Å². The zero-order chi connectivity index (χ0) is 18.9. The summed E-state index contributed by atoms with van der Waals surface area (Å²) in [5.74, 6) is -0.0455. The number of benzene rings is 2. The molecule has 1 amide bonds. The highest BCUT2D eigenvalue weighted by Crippen LogP contribution is 2.27. The molecule has 1 aliphatic rings. The molecule has 1 aliphatic heterocycles. The maximum absolute atomic E-state index is 12.6. The Hall–Kier alpha value is -2.87. The maximum Gasteiger partial charge on any atom is 0.261 e. The molecule has 0 atom stereocenters. The third kappa shape index (κ3) is 3.55. The molecule has 0 saturated carbocycles. The summed E-state index contributed by atoms with van der Waals surface area (Å²) in [5.41, 5.74) is 0.840. The van der Waals surface area contributed by atoms with Gasteiger partial charge in [-0.3, -0.25) is 14.3 Å². The van der Waals surface area contributed by atoms with Crippen molar-refractivity contribution >= 4 is 27.4 Å². The highest BCUT2D eigenvalue weighted by atomic mass is 32.2. The Kier molecular flexibility index (Phi) is 4.69. The molecule has 0 spiro atoms. The Bertz CT molecular complexity index is 985. The third-order valence-corrected chi connectivity index (χ3v) is 5.42. The minimum absolute atomic E-state index is 0.0279. The van der Waals surface area contributed by atoms with Gasteiger partial charge in [0, 0.05) is 18.3 Å². The summed E-state index contributed by atoms with van der Waals surface area (Å²) < 4.78 is 33.2. The van der Waals surface area contributed by atoms with E-state index >= 15 is 0 Å². The fourth-order valence-electron chi connectivity index (χ4n) is 2.58. The van der Waals surface area contributed by atoms with Gasteiger partial charge in [0.15, 0.2) is 5.78 Å². The first-order chi connectivity index (χ1) is 12.3. The Labute approximate surface area is 151 Å². The fourth-order valence-corrected chi connectivity index (χ4v) is 3.68. The van der Waals surface area contributed by atoms with Crippen LogP contribution in [0.4, 0.5) is 5.69 Å². The van der Waals surface area contributed by atoms with Gasteiger partial charge < -0.3 is 9.64 Å². The lowest BCUT2D eigenvalue weighted by atomic mass is 10.1. The summed E-state index contributed by atoms with van der Waals surface area (Å²) in [7, 11) is -2.25. The summed E-state index contributed by atoms with van der Waals surface area (Å²) in [6, 6.07) is 10.3. The molecule has 2 aromatic carbocycles. The van der Waals surface area contributed by atoms with E-state index in [2.05, 4.69) is 4.72 Å². The van der Waals surface area contributed by atoms with E-state index < -0.39 is 10.0 Å². The van der Waals surface area contributed by atoms with Crippen LogP contribution < -0.4 is 9.46 Å². The fraction of sp³-hybridized carbons (Fsp3) is 0.222. The Balaban J connectivity index is 1.94. The quantitative estimate of drug-likeness (QED) is 0.828. The van der Waals surface area contributed by atoms with E-state index in [1.807, 2.05) is 0 Å². The van der Waals surface area contributed by atoms with E-state index in [1.54, 1.807) is 19.2 Å². The average molecular weight is 374 g/mol. The number of sulfonamides is 1. The predicted octanol–water partition coefficient (Wildman–Crippen LogP) is 2.15. The first-order valence-electron chi connectivity index (χ1n) is 7.94. The van der Waals surface area contributed by atoms with Crippen molar-refractivity contribution in [1.29, 1.82) is 0 Å². The van der Waals surface area contributed by atoms with Crippen molar-refractivity contribution in [2.75, 3.05) is 24.9 Å². The second-order valence-electron chi connectivity index (χ2n) is 5.98. The predicted molar refractivity (Wildman–Crippen MR) is 96.2 cm³/mol. The van der Waals surface area contributed by atoms with Gasteiger partial charge in [0.2, 0.25) is 0 Å². The van der Waals surface area contributed by atoms with E-state index in [9.17, 15) is 18.0 Å². The van der Waals surface area contributed by atoms with Crippen LogP contribution in [0, 0.1) is 0 Å². The SMILES string of the molecule is CC(=O)c1cccc(S(=O)(=O)Nc2ccc3c(c2)C(=O)N(C)CCO3)c1. The Morgan fingerprint density at radius 1 is 1.19 bits per heavy atom. The van der Waals surface area contributed by atoms with Crippen molar-refractivity contribution in [3.63, 3.8) is 0 Å². The molecule has 1 N–H and O–H groups in total. The lowest BCUT2D eigenvalue weighted by Crippen LogP contribution is -2.27. The van der Waals surface area contributed by atoms with Crippen LogP contribution in [0.3, 0.4) is 0 Å². The molecule has 8 heteroatoms. The van der Waals surface area contributed by atoms with Gasteiger partial charge in [-0.25, -0.2) is 8.42 Å². The minimum Gasteiger partial charge on any atom is -0.491 e. The van der Waals surface area contributed by atoms with Crippen molar-refractivity contribution in [3.05, 3.63) is 53.6 Å². The molecule has 2 aromatic rings. The highest BCUT2D eigenvalue weighted by Gasteiger charge is 2.22. The molecule has 0 bridgehead atoms. The van der Waals surface area contributed by atoms with E-state index in [1.165, 1.54) is 42.2 Å². The monoisotopic (exact) mass is 374 g/mol. The van der Waals surface area contributed by atoms with Crippen LogP contribution in [-0.2, 0) is 10.0 Å². The number of nitrogens with one attached hydrogen (secondary N) is 1. The number of Topliss-reactive ketones (excluding diaryl/α,β-unsaturated/α-hetero) is 1. The topological polar surface area (TPSA) is 92.8 Å². The molecule has 136 valence electrons. The number of nitrogens with zero attached hydrogens (tertiary/aromatic N) is 1. The lowest BCUT2D eigenvalue weighted by Gasteiger charge is -2.14. The van der Waals surface area contributed by atoms with Gasteiger partial charge >= 0.3 is 0 Å². The number of fused-ring (bicyclic) bond motifs is 1. The maximum atomic E-state index is 12.6. The van der Waals surface area contributed by atoms with Crippen molar-refractivity contribution in [2.24, 2.45) is 0 Å². The van der Waals surface area contributed by atoms with Crippen LogP contribution in [0.5, 0.6) is 5.75 Å². The largest absolute Gasteiger partial charge is 0.491 e. The van der Waals surface area contributed by atoms with Gasteiger partial charge in [-0.1, -0.05) is 12.1 Å². The van der Waals surface area contributed by atoms with Crippen molar-refractivity contribution in [2.45, 2.75) is 11.8 Å². The lowest BCUT2D eigenvalue weighted by molar-refractivity contribution is 0.0796. The molecule has 0 aliphatic carbocycles. The smallest absolute Gasteiger partial charge is 0.261 e. The summed E-state index contributed by atoms with van der Waals surface area (Å²) in [5, 5.41) is 0. The number of ketones is 1. The van der Waals surface area contributed by atoms with E-state index in [-0.39, 0.29) is 22.3 Å². The number of ether oxygens (including phenoxy) is 1. The zero-order valence-corrected chi connectivity index (χ0v) is 15.2. The Morgan fingerprint density at radius 2 is 1.96 bits per heavy atom. The van der Waals surface area contributed by atoms with Crippen LogP contribution in [0.2, 0.25) is 0 Å². The van der Waals surface area contributed by atoms with Crippen molar-refractivity contribution < 1.29 is 22.7 Å². The number of amides is 1. The first kappa shape index (κ1) is 17.9. The molecular weight excluding hydrogens is 356 g/mol. The molecular formula is C18H18N2O5S. The van der Waals surface area contributed by atoms with E-state index in [4.69, 9.17) is 4.74 Å². The third-order valence-electron chi connectivity index (χ3n) is 4.04. The van der Waals surface area contributed by atoms with Gasteiger partial charge in [-0.15, -0.1) is 0 Å². The highest BCUT2D eigenvalue weighted by molar-refractivity contribution is 7.92. The molecule has 7 nitrogen and oxygen atoms in total. The second kappa shape index (κ2) is 6.80. The molecule has 0 fully saturated rings. The van der Waals surface area contributed by atoms with E-state index in [0.717, 1.165) is 0 Å². The van der Waals surface area contributed by atoms with Crippen LogP contribution in [-0.4, -0.2) is 45.2 Å². The van der Waals surface area contributed by atoms with Crippen LogP contribution in [0.1, 0.15) is 27.6 Å². The number of carbonyl (C=O) groups is 2. The van der Waals surface area contributed by atoms with Gasteiger partial charge in [0.05, 0.1) is 17.0 Å². The Morgan fingerprint density at radius 3 is 2.69 bits per heavy atom. The number of anilines is 1. The molecule has 0 aromatic heterocycles. The summed E-state index contributed by atoms with van der Waals surface area (Å²) in [6.07, 6.45) is 0. The molecule has 1 heterocycles. The van der Waals surface area contributed by atoms with Crippen molar-refractivity contribution in [3.8, 4) is 5.75 Å². The summed E-state index contributed by atoms with van der Waals surface area (Å²) in [6.45, 7) is 2.19. The number of carbonyl (C=O) groups excluding carboxylic acids is 2. The summed E-state index contributed by atoms with van der Waals surface area (Å²) >= 11 is 0. The number of likely N-dealkylation sites (N-methyl/N-ethyl adjacent to an activating group) is 1. The second-order valence-corrected chi connectivity index (χ2v) is 7.66. The standard InChI is InChI=1S/C18H18N2O5S/c1-12(21)13-4-3-5-15(10-13)26(23,24)19-14-6-7-17-16(11-14)18(22)20(2)8-9-25-17/h3-7,10-11,19H,8-9H2,1-2H3. The van der Waals surface area contributed by atoms with Crippen LogP contribution in [0.15, 0.2) is 47.4 Å². The van der Waals surface area contributed by atoms with Gasteiger partial charge in [-0.2, -0.15) is 0 Å². The molecule has 0 radical (unpaired) electrons. The van der Waals surface area contributed by atoms with Crippen molar-refractivity contribution in [1.82, 2.24) is 4.90 Å². The van der Waals surface area contributed by atoms with Gasteiger partial charge in [0.1, 0.15) is 12.4 Å². The van der Waals surface area contributed by atoms with Crippen LogP contribution >= 0.6 is 0 Å². The van der Waals surface area contributed by atoms with Gasteiger partial charge in [-0.05, 0) is 37.3 Å². The molecule has 26 heavy (non-hydrogen) atoms. The minimum atomic E-state index is -3.90. The molecule has 0 saturated heterocycles. The first-order valence-corrected chi connectivity index (χ1v) is 9.42. The molecule has 3 rings (SSSR count). The zero-order valence-electron chi connectivity index (χ0n) is 14.4. The average Bonchev–Trinajstić information content (AvgIpc) is 2.74.